The molecule has 3 aliphatic rings. The highest BCUT2D eigenvalue weighted by Gasteiger charge is 2.37. The summed E-state index contributed by atoms with van der Waals surface area (Å²) < 4.78 is 14.2. The lowest BCUT2D eigenvalue weighted by Gasteiger charge is -2.40. The molecule has 0 bridgehead atoms. The molecule has 12 heteroatoms. The van der Waals surface area contributed by atoms with Gasteiger partial charge in [-0.1, -0.05) is 41.9 Å². The summed E-state index contributed by atoms with van der Waals surface area (Å²) in [5, 5.41) is 13.9. The highest BCUT2D eigenvalue weighted by atomic mass is 35.5. The minimum atomic E-state index is -1.33. The van der Waals surface area contributed by atoms with E-state index in [-0.39, 0.29) is 47.2 Å². The largest absolute Gasteiger partial charge is 0.369 e. The first-order chi connectivity index (χ1) is 19.8. The van der Waals surface area contributed by atoms with Gasteiger partial charge in [0.2, 0.25) is 5.91 Å². The molecule has 41 heavy (non-hydrogen) atoms. The lowest BCUT2D eigenvalue weighted by molar-refractivity contribution is -0.133. The summed E-state index contributed by atoms with van der Waals surface area (Å²) in [6.45, 7) is 1.51. The average Bonchev–Trinajstić information content (AvgIpc) is 3.14. The van der Waals surface area contributed by atoms with Crippen LogP contribution in [-0.2, 0) is 11.2 Å². The molecule has 2 aromatic carbocycles. The van der Waals surface area contributed by atoms with Gasteiger partial charge in [-0.2, -0.15) is 11.8 Å². The van der Waals surface area contributed by atoms with Crippen LogP contribution < -0.4 is 5.32 Å². The predicted octanol–water partition coefficient (Wildman–Crippen LogP) is 4.32. The van der Waals surface area contributed by atoms with Gasteiger partial charge in [0.05, 0.1) is 5.02 Å². The van der Waals surface area contributed by atoms with Crippen molar-refractivity contribution in [3.05, 3.63) is 70.6 Å². The van der Waals surface area contributed by atoms with Crippen molar-refractivity contribution in [2.45, 2.75) is 31.5 Å². The summed E-state index contributed by atoms with van der Waals surface area (Å²) in [6, 6.07) is 11.4. The van der Waals surface area contributed by atoms with Gasteiger partial charge in [0, 0.05) is 61.0 Å². The third kappa shape index (κ3) is 6.17. The van der Waals surface area contributed by atoms with Gasteiger partial charge in [-0.15, -0.1) is 0 Å². The fourth-order valence-electron chi connectivity index (χ4n) is 5.59. The van der Waals surface area contributed by atoms with Crippen LogP contribution in [0, 0.1) is 5.82 Å². The van der Waals surface area contributed by atoms with Crippen molar-refractivity contribution < 1.29 is 23.9 Å². The zero-order valence-corrected chi connectivity index (χ0v) is 24.3. The molecule has 1 atom stereocenters. The molecule has 3 aliphatic heterocycles. The number of amides is 5. The molecule has 0 radical (unpaired) electrons. The molecule has 0 spiro atoms. The Morgan fingerprint density at radius 2 is 1.88 bits per heavy atom. The van der Waals surface area contributed by atoms with Crippen LogP contribution in [0.15, 0.2) is 48.7 Å². The maximum Gasteiger partial charge on any atom is 0.326 e. The van der Waals surface area contributed by atoms with Crippen LogP contribution >= 0.6 is 23.4 Å². The molecule has 0 aliphatic carbocycles. The number of thioether (sulfide) groups is 1. The fourth-order valence-corrected chi connectivity index (χ4v) is 6.21. The molecule has 0 aromatic heterocycles. The van der Waals surface area contributed by atoms with Crippen molar-refractivity contribution in [3.8, 4) is 0 Å². The third-order valence-electron chi connectivity index (χ3n) is 7.86. The molecule has 2 N–H and O–H groups in total. The van der Waals surface area contributed by atoms with Crippen molar-refractivity contribution in [2.75, 3.05) is 50.0 Å². The number of aliphatic hydroxyl groups excluding tert-OH is 1. The van der Waals surface area contributed by atoms with Crippen molar-refractivity contribution in [3.63, 3.8) is 0 Å². The van der Waals surface area contributed by atoms with Gasteiger partial charge >= 0.3 is 12.1 Å². The molecule has 2 aromatic rings. The SMILES string of the molecule is CSCCN1C(=O)N(CC(=O)N2CCC(N3CCc4ccccc4NC3=O)CC2)C=C(c2cccc(F)c2Cl)C1O. The Kier molecular flexibility index (Phi) is 9.06. The van der Waals surface area contributed by atoms with E-state index in [4.69, 9.17) is 11.6 Å². The van der Waals surface area contributed by atoms with E-state index in [0.29, 0.717) is 38.2 Å². The van der Waals surface area contributed by atoms with E-state index in [1.54, 1.807) is 11.0 Å². The van der Waals surface area contributed by atoms with E-state index >= 15 is 0 Å². The number of hydrogen-bond acceptors (Lipinski definition) is 5. The highest BCUT2D eigenvalue weighted by Crippen LogP contribution is 2.33. The molecule has 218 valence electrons. The minimum Gasteiger partial charge on any atom is -0.369 e. The monoisotopic (exact) mass is 601 g/mol. The van der Waals surface area contributed by atoms with E-state index < -0.39 is 18.1 Å². The second kappa shape index (κ2) is 12.7. The number of halogens is 2. The van der Waals surface area contributed by atoms with Crippen LogP contribution in [0.25, 0.3) is 5.57 Å². The minimum absolute atomic E-state index is 0.00350. The summed E-state index contributed by atoms with van der Waals surface area (Å²) >= 11 is 7.73. The fraction of sp³-hybridized carbons (Fsp3) is 0.414. The summed E-state index contributed by atoms with van der Waals surface area (Å²) in [6.07, 6.45) is 3.97. The average molecular weight is 602 g/mol. The van der Waals surface area contributed by atoms with Gasteiger partial charge < -0.3 is 20.2 Å². The normalized spacial score (nSPS) is 20.0. The number of rotatable bonds is 7. The van der Waals surface area contributed by atoms with E-state index in [0.717, 1.165) is 17.7 Å². The highest BCUT2D eigenvalue weighted by molar-refractivity contribution is 7.98. The van der Waals surface area contributed by atoms with Gasteiger partial charge in [-0.05, 0) is 43.2 Å². The lowest BCUT2D eigenvalue weighted by Crippen LogP contribution is -2.55. The summed E-state index contributed by atoms with van der Waals surface area (Å²) in [4.78, 5) is 45.7. The Morgan fingerprint density at radius 1 is 1.12 bits per heavy atom. The van der Waals surface area contributed by atoms with Gasteiger partial charge in [0.15, 0.2) is 6.23 Å². The Balaban J connectivity index is 1.26. The van der Waals surface area contributed by atoms with E-state index in [1.165, 1.54) is 39.9 Å². The number of piperidine rings is 1. The van der Waals surface area contributed by atoms with Crippen LogP contribution in [0.5, 0.6) is 0 Å². The first-order valence-corrected chi connectivity index (χ1v) is 15.4. The molecule has 1 fully saturated rings. The number of hydrogen-bond donors (Lipinski definition) is 2. The Hall–Kier alpha value is -3.28. The number of aliphatic hydroxyl groups is 1. The summed E-state index contributed by atoms with van der Waals surface area (Å²) in [5.41, 5.74) is 2.44. The maximum atomic E-state index is 14.2. The molecule has 5 amide bonds. The number of anilines is 1. The van der Waals surface area contributed by atoms with Crippen LogP contribution in [0.2, 0.25) is 5.02 Å². The number of benzene rings is 2. The van der Waals surface area contributed by atoms with E-state index in [1.807, 2.05) is 35.4 Å². The maximum absolute atomic E-state index is 14.2. The zero-order chi connectivity index (χ0) is 29.1. The number of carbonyl (C=O) groups is 3. The molecule has 1 saturated heterocycles. The predicted molar refractivity (Wildman–Crippen MR) is 158 cm³/mol. The quantitative estimate of drug-likeness (QED) is 0.493. The smallest absolute Gasteiger partial charge is 0.326 e. The van der Waals surface area contributed by atoms with Crippen molar-refractivity contribution in [1.29, 1.82) is 0 Å². The second-order valence-electron chi connectivity index (χ2n) is 10.3. The number of carbonyl (C=O) groups excluding carboxylic acids is 3. The summed E-state index contributed by atoms with van der Waals surface area (Å²) in [5.74, 6) is -0.318. The number of urea groups is 2. The standard InChI is InChI=1S/C29H33ClFN5O4S/c1-41-16-15-36-27(38)22(21-6-4-7-23(31)26(21)30)17-34(29(36)40)18-25(37)33-12-10-20(11-13-33)35-14-9-19-5-2-3-8-24(19)32-28(35)39/h2-8,17,20,27,38H,9-16,18H2,1H3,(H,32,39). The molecular formula is C29H33ClFN5O4S. The zero-order valence-electron chi connectivity index (χ0n) is 22.8. The van der Waals surface area contributed by atoms with Gasteiger partial charge in [0.1, 0.15) is 12.4 Å². The molecule has 9 nitrogen and oxygen atoms in total. The second-order valence-corrected chi connectivity index (χ2v) is 11.7. The number of nitrogens with one attached hydrogen (secondary N) is 1. The number of likely N-dealkylation sites (tertiary alicyclic amines) is 1. The van der Waals surface area contributed by atoms with Crippen molar-refractivity contribution in [2.24, 2.45) is 0 Å². The van der Waals surface area contributed by atoms with Crippen molar-refractivity contribution >= 4 is 52.6 Å². The van der Waals surface area contributed by atoms with Crippen LogP contribution in [0.1, 0.15) is 24.0 Å². The molecule has 3 heterocycles. The third-order valence-corrected chi connectivity index (χ3v) is 8.84. The lowest BCUT2D eigenvalue weighted by atomic mass is 10.0. The number of para-hydroxylation sites is 1. The Labute approximate surface area is 247 Å². The first kappa shape index (κ1) is 29.2. The molecule has 5 rings (SSSR count). The van der Waals surface area contributed by atoms with Gasteiger partial charge in [-0.3, -0.25) is 14.6 Å². The van der Waals surface area contributed by atoms with Crippen molar-refractivity contribution in [1.82, 2.24) is 19.6 Å². The van der Waals surface area contributed by atoms with Crippen LogP contribution in [0.3, 0.4) is 0 Å². The van der Waals surface area contributed by atoms with E-state index in [9.17, 15) is 23.9 Å². The number of nitrogens with zero attached hydrogens (tertiary/aromatic N) is 4. The topological polar surface area (TPSA) is 96.4 Å². The number of fused-ring (bicyclic) bond motifs is 1. The molecular weight excluding hydrogens is 569 g/mol. The van der Waals surface area contributed by atoms with Crippen LogP contribution in [-0.4, -0.2) is 99.7 Å². The van der Waals surface area contributed by atoms with E-state index in [2.05, 4.69) is 5.32 Å². The van der Waals surface area contributed by atoms with Gasteiger partial charge in [0.25, 0.3) is 0 Å². The van der Waals surface area contributed by atoms with Gasteiger partial charge in [-0.25, -0.2) is 14.0 Å². The Bertz CT molecular complexity index is 1350. The van der Waals surface area contributed by atoms with Crippen LogP contribution in [0.4, 0.5) is 19.7 Å². The molecule has 0 saturated carbocycles. The molecule has 1 unspecified atom stereocenters. The first-order valence-electron chi connectivity index (χ1n) is 13.6. The Morgan fingerprint density at radius 3 is 2.63 bits per heavy atom. The summed E-state index contributed by atoms with van der Waals surface area (Å²) in [7, 11) is 0.